The molecule has 0 fully saturated rings. The molecule has 2 aromatic rings. The van der Waals surface area contributed by atoms with Crippen molar-refractivity contribution >= 4 is 27.5 Å². The first-order chi connectivity index (χ1) is 8.16. The molecule has 0 radical (unpaired) electrons. The van der Waals surface area contributed by atoms with Crippen LogP contribution in [0.1, 0.15) is 10.4 Å². The molecule has 0 atom stereocenters. The highest BCUT2D eigenvalue weighted by molar-refractivity contribution is 9.10. The van der Waals surface area contributed by atoms with Gasteiger partial charge in [-0.15, -0.1) is 0 Å². The maximum absolute atomic E-state index is 13.5. The lowest BCUT2D eigenvalue weighted by molar-refractivity contribution is 0.102. The molecule has 0 saturated carbocycles. The van der Waals surface area contributed by atoms with E-state index in [1.165, 1.54) is 18.3 Å². The first kappa shape index (κ1) is 11.7. The molecule has 0 bridgehead atoms. The van der Waals surface area contributed by atoms with Crippen LogP contribution in [0.4, 0.5) is 10.1 Å². The third-order valence-electron chi connectivity index (χ3n) is 2.10. The van der Waals surface area contributed by atoms with E-state index in [-0.39, 0.29) is 5.56 Å². The molecule has 0 spiro atoms. The minimum atomic E-state index is -0.569. The Kier molecular flexibility index (Phi) is 3.49. The third kappa shape index (κ3) is 2.88. The summed E-state index contributed by atoms with van der Waals surface area (Å²) in [5.74, 6) is -1.07. The number of aromatic nitrogens is 1. The van der Waals surface area contributed by atoms with Crippen LogP contribution in [0.15, 0.2) is 47.2 Å². The van der Waals surface area contributed by atoms with Crippen molar-refractivity contribution in [3.05, 3.63) is 58.6 Å². The molecule has 1 heterocycles. The smallest absolute Gasteiger partial charge is 0.258 e. The number of nitrogens with one attached hydrogen (secondary N) is 1. The van der Waals surface area contributed by atoms with Gasteiger partial charge in [-0.3, -0.25) is 9.78 Å². The summed E-state index contributed by atoms with van der Waals surface area (Å²) in [6.45, 7) is 0. The summed E-state index contributed by atoms with van der Waals surface area (Å²) < 4.78 is 14.1. The van der Waals surface area contributed by atoms with Crippen molar-refractivity contribution in [2.45, 2.75) is 0 Å². The SMILES string of the molecule is O=C(Nc1cccnc1)c1ccc(Br)cc1F. The number of hydrogen-bond acceptors (Lipinski definition) is 2. The van der Waals surface area contributed by atoms with Crippen molar-refractivity contribution < 1.29 is 9.18 Å². The van der Waals surface area contributed by atoms with Gasteiger partial charge < -0.3 is 5.32 Å². The van der Waals surface area contributed by atoms with E-state index in [1.807, 2.05) is 0 Å². The Bertz CT molecular complexity index is 545. The molecule has 0 saturated heterocycles. The van der Waals surface area contributed by atoms with E-state index in [9.17, 15) is 9.18 Å². The number of halogens is 2. The highest BCUT2D eigenvalue weighted by Gasteiger charge is 2.11. The van der Waals surface area contributed by atoms with Crippen molar-refractivity contribution in [1.82, 2.24) is 4.98 Å². The summed E-state index contributed by atoms with van der Waals surface area (Å²) in [7, 11) is 0. The summed E-state index contributed by atoms with van der Waals surface area (Å²) in [6.07, 6.45) is 3.09. The number of benzene rings is 1. The lowest BCUT2D eigenvalue weighted by Gasteiger charge is -2.05. The lowest BCUT2D eigenvalue weighted by Crippen LogP contribution is -2.13. The predicted octanol–water partition coefficient (Wildman–Crippen LogP) is 3.24. The molecule has 3 nitrogen and oxygen atoms in total. The van der Waals surface area contributed by atoms with Crippen molar-refractivity contribution in [2.24, 2.45) is 0 Å². The van der Waals surface area contributed by atoms with Gasteiger partial charge in [0.2, 0.25) is 0 Å². The Morgan fingerprint density at radius 1 is 1.35 bits per heavy atom. The maximum atomic E-state index is 13.5. The number of carbonyl (C=O) groups is 1. The summed E-state index contributed by atoms with van der Waals surface area (Å²) in [6, 6.07) is 7.65. The standard InChI is InChI=1S/C12H8BrFN2O/c13-8-3-4-10(11(14)6-8)12(17)16-9-2-1-5-15-7-9/h1-7H,(H,16,17). The van der Waals surface area contributed by atoms with Gasteiger partial charge in [-0.05, 0) is 30.3 Å². The van der Waals surface area contributed by atoms with E-state index in [2.05, 4.69) is 26.2 Å². The topological polar surface area (TPSA) is 42.0 Å². The highest BCUT2D eigenvalue weighted by Crippen LogP contribution is 2.16. The van der Waals surface area contributed by atoms with Crippen LogP contribution in [0, 0.1) is 5.82 Å². The minimum Gasteiger partial charge on any atom is -0.320 e. The van der Waals surface area contributed by atoms with E-state index in [0.29, 0.717) is 10.2 Å². The van der Waals surface area contributed by atoms with Gasteiger partial charge in [-0.1, -0.05) is 15.9 Å². The summed E-state index contributed by atoms with van der Waals surface area (Å²) in [4.78, 5) is 15.6. The van der Waals surface area contributed by atoms with Crippen LogP contribution in [0.5, 0.6) is 0 Å². The minimum absolute atomic E-state index is 0.00273. The Hall–Kier alpha value is -1.75. The maximum Gasteiger partial charge on any atom is 0.258 e. The number of carbonyl (C=O) groups excluding carboxylic acids is 1. The number of hydrogen-bond donors (Lipinski definition) is 1. The normalized spacial score (nSPS) is 10.0. The molecule has 1 aromatic heterocycles. The zero-order chi connectivity index (χ0) is 12.3. The molecule has 0 aliphatic heterocycles. The van der Waals surface area contributed by atoms with Crippen molar-refractivity contribution in [3.8, 4) is 0 Å². The third-order valence-corrected chi connectivity index (χ3v) is 2.59. The van der Waals surface area contributed by atoms with Gasteiger partial charge in [0.1, 0.15) is 5.82 Å². The molecule has 1 aromatic carbocycles. The van der Waals surface area contributed by atoms with Crippen LogP contribution in [0.2, 0.25) is 0 Å². The molecule has 0 aliphatic rings. The van der Waals surface area contributed by atoms with E-state index in [0.717, 1.165) is 0 Å². The average Bonchev–Trinajstić information content (AvgIpc) is 2.30. The lowest BCUT2D eigenvalue weighted by atomic mass is 10.2. The fourth-order valence-corrected chi connectivity index (χ4v) is 1.64. The molecular formula is C12H8BrFN2O. The monoisotopic (exact) mass is 294 g/mol. The molecule has 1 N–H and O–H groups in total. The van der Waals surface area contributed by atoms with E-state index in [1.54, 1.807) is 24.4 Å². The first-order valence-electron chi connectivity index (χ1n) is 4.83. The largest absolute Gasteiger partial charge is 0.320 e. The molecule has 0 aliphatic carbocycles. The molecule has 86 valence electrons. The predicted molar refractivity (Wildman–Crippen MR) is 66.3 cm³/mol. The second kappa shape index (κ2) is 5.05. The van der Waals surface area contributed by atoms with Crippen molar-refractivity contribution in [2.75, 3.05) is 5.32 Å². The summed E-state index contributed by atoms with van der Waals surface area (Å²) in [5, 5.41) is 2.56. The van der Waals surface area contributed by atoms with Crippen LogP contribution < -0.4 is 5.32 Å². The van der Waals surface area contributed by atoms with Gasteiger partial charge in [-0.25, -0.2) is 4.39 Å². The fourth-order valence-electron chi connectivity index (χ4n) is 1.31. The molecule has 1 amide bonds. The van der Waals surface area contributed by atoms with Crippen LogP contribution in [0.3, 0.4) is 0 Å². The quantitative estimate of drug-likeness (QED) is 0.924. The average molecular weight is 295 g/mol. The van der Waals surface area contributed by atoms with Gasteiger partial charge in [0.15, 0.2) is 0 Å². The zero-order valence-electron chi connectivity index (χ0n) is 8.65. The zero-order valence-corrected chi connectivity index (χ0v) is 10.2. The number of anilines is 1. The summed E-state index contributed by atoms with van der Waals surface area (Å²) >= 11 is 3.13. The molecule has 5 heteroatoms. The molecule has 17 heavy (non-hydrogen) atoms. The van der Waals surface area contributed by atoms with Gasteiger partial charge in [0.25, 0.3) is 5.91 Å². The number of amides is 1. The Morgan fingerprint density at radius 3 is 2.82 bits per heavy atom. The highest BCUT2D eigenvalue weighted by atomic mass is 79.9. The van der Waals surface area contributed by atoms with Crippen molar-refractivity contribution in [3.63, 3.8) is 0 Å². The van der Waals surface area contributed by atoms with Crippen LogP contribution in [-0.4, -0.2) is 10.9 Å². The van der Waals surface area contributed by atoms with Gasteiger partial charge in [0, 0.05) is 10.7 Å². The summed E-state index contributed by atoms with van der Waals surface area (Å²) in [5.41, 5.74) is 0.525. The second-order valence-corrected chi connectivity index (χ2v) is 4.24. The second-order valence-electron chi connectivity index (χ2n) is 3.32. The van der Waals surface area contributed by atoms with Crippen molar-refractivity contribution in [1.29, 1.82) is 0 Å². The Morgan fingerprint density at radius 2 is 2.18 bits per heavy atom. The number of nitrogens with zero attached hydrogens (tertiary/aromatic N) is 1. The fraction of sp³-hybridized carbons (Fsp3) is 0. The van der Waals surface area contributed by atoms with E-state index < -0.39 is 11.7 Å². The Labute approximate surface area is 106 Å². The Balaban J connectivity index is 2.21. The molecule has 0 unspecified atom stereocenters. The number of rotatable bonds is 2. The number of pyridine rings is 1. The van der Waals surface area contributed by atoms with Crippen LogP contribution in [-0.2, 0) is 0 Å². The van der Waals surface area contributed by atoms with Crippen LogP contribution in [0.25, 0.3) is 0 Å². The van der Waals surface area contributed by atoms with E-state index in [4.69, 9.17) is 0 Å². The van der Waals surface area contributed by atoms with Gasteiger partial charge >= 0.3 is 0 Å². The van der Waals surface area contributed by atoms with Gasteiger partial charge in [-0.2, -0.15) is 0 Å². The van der Waals surface area contributed by atoms with Crippen LogP contribution >= 0.6 is 15.9 Å². The van der Waals surface area contributed by atoms with Gasteiger partial charge in [0.05, 0.1) is 17.4 Å². The van der Waals surface area contributed by atoms with E-state index >= 15 is 0 Å². The molecular weight excluding hydrogens is 287 g/mol. The molecule has 2 rings (SSSR count). The first-order valence-corrected chi connectivity index (χ1v) is 5.62.